The average molecular weight is 176 g/mol. The summed E-state index contributed by atoms with van der Waals surface area (Å²) in [5.74, 6) is 0. The molecule has 0 heterocycles. The van der Waals surface area contributed by atoms with Gasteiger partial charge in [0.05, 0.1) is 0 Å². The van der Waals surface area contributed by atoms with Gasteiger partial charge in [-0.3, -0.25) is 0 Å². The Balaban J connectivity index is 3.21. The molecular weight excluding hydrogens is 156 g/mol. The Hall–Kier alpha value is 0.394. The van der Waals surface area contributed by atoms with Crippen LogP contribution in [0.3, 0.4) is 0 Å². The second-order valence-electron chi connectivity index (χ2n) is 4.10. The van der Waals surface area contributed by atoms with E-state index in [2.05, 4.69) is 13.8 Å². The van der Waals surface area contributed by atoms with Crippen LogP contribution in [0.15, 0.2) is 0 Å². The number of hydrogen-bond acceptors (Lipinski definition) is 1. The highest BCUT2D eigenvalue weighted by molar-refractivity contribution is 6.70. The SMILES string of the molecule is CC(C)[SiH2]CC[Si](C)(C)O. The molecule has 0 aromatic rings. The smallest absolute Gasteiger partial charge is 0.182 e. The lowest BCUT2D eigenvalue weighted by Crippen LogP contribution is -2.24. The van der Waals surface area contributed by atoms with Crippen LogP contribution in [-0.4, -0.2) is 22.6 Å². The molecule has 1 N–H and O–H groups in total. The van der Waals surface area contributed by atoms with E-state index >= 15 is 0 Å². The Labute approximate surface area is 67.8 Å². The fourth-order valence-electron chi connectivity index (χ4n) is 0.943. The van der Waals surface area contributed by atoms with Crippen LogP contribution in [0.5, 0.6) is 0 Å². The first kappa shape index (κ1) is 10.4. The second-order valence-corrected chi connectivity index (χ2v) is 11.1. The van der Waals surface area contributed by atoms with Gasteiger partial charge in [-0.15, -0.1) is 0 Å². The summed E-state index contributed by atoms with van der Waals surface area (Å²) >= 11 is 0. The largest absolute Gasteiger partial charge is 0.432 e. The Kier molecular flexibility index (Phi) is 4.48. The minimum Gasteiger partial charge on any atom is -0.432 e. The fraction of sp³-hybridized carbons (Fsp3) is 1.00. The predicted octanol–water partition coefficient (Wildman–Crippen LogP) is 1.60. The van der Waals surface area contributed by atoms with Crippen LogP contribution in [0.1, 0.15) is 13.8 Å². The minimum atomic E-state index is -1.69. The first-order valence-electron chi connectivity index (χ1n) is 4.14. The average Bonchev–Trinajstić information content (AvgIpc) is 1.59. The fourth-order valence-corrected chi connectivity index (χ4v) is 6.04. The van der Waals surface area contributed by atoms with E-state index in [-0.39, 0.29) is 9.52 Å². The van der Waals surface area contributed by atoms with Gasteiger partial charge in [-0.25, -0.2) is 0 Å². The minimum absolute atomic E-state index is 0.141. The normalized spacial score (nSPS) is 13.8. The van der Waals surface area contributed by atoms with E-state index in [1.807, 2.05) is 13.1 Å². The monoisotopic (exact) mass is 176 g/mol. The molecule has 3 heteroatoms. The van der Waals surface area contributed by atoms with Gasteiger partial charge in [0.2, 0.25) is 0 Å². The third-order valence-corrected chi connectivity index (χ3v) is 5.77. The molecule has 0 atom stereocenters. The zero-order valence-corrected chi connectivity index (χ0v) is 10.1. The molecule has 0 aromatic heterocycles. The Morgan fingerprint density at radius 3 is 2.20 bits per heavy atom. The molecule has 0 bridgehead atoms. The van der Waals surface area contributed by atoms with Crippen molar-refractivity contribution in [1.29, 1.82) is 0 Å². The summed E-state index contributed by atoms with van der Waals surface area (Å²) in [5.41, 5.74) is 0.927. The van der Waals surface area contributed by atoms with Gasteiger partial charge in [-0.1, -0.05) is 25.4 Å². The summed E-state index contributed by atoms with van der Waals surface area (Å²) in [6.45, 7) is 8.64. The zero-order valence-electron chi connectivity index (χ0n) is 7.65. The van der Waals surface area contributed by atoms with Gasteiger partial charge in [0.15, 0.2) is 8.32 Å². The van der Waals surface area contributed by atoms with Crippen molar-refractivity contribution in [2.75, 3.05) is 0 Å². The van der Waals surface area contributed by atoms with Crippen LogP contribution >= 0.6 is 0 Å². The lowest BCUT2D eigenvalue weighted by molar-refractivity contribution is 0.551. The van der Waals surface area contributed by atoms with Gasteiger partial charge in [0, 0.05) is 9.52 Å². The first-order chi connectivity index (χ1) is 4.42. The van der Waals surface area contributed by atoms with Gasteiger partial charge in [-0.05, 0) is 19.1 Å². The highest BCUT2D eigenvalue weighted by Crippen LogP contribution is 2.11. The van der Waals surface area contributed by atoms with Crippen molar-refractivity contribution in [3.63, 3.8) is 0 Å². The van der Waals surface area contributed by atoms with E-state index in [4.69, 9.17) is 0 Å². The van der Waals surface area contributed by atoms with E-state index < -0.39 is 8.32 Å². The lowest BCUT2D eigenvalue weighted by Gasteiger charge is -2.13. The van der Waals surface area contributed by atoms with Crippen LogP contribution in [0.25, 0.3) is 0 Å². The highest BCUT2D eigenvalue weighted by Gasteiger charge is 2.15. The number of rotatable bonds is 4. The van der Waals surface area contributed by atoms with Crippen LogP contribution in [-0.2, 0) is 0 Å². The third-order valence-electron chi connectivity index (χ3n) is 1.57. The van der Waals surface area contributed by atoms with E-state index in [1.54, 1.807) is 0 Å². The van der Waals surface area contributed by atoms with Crippen molar-refractivity contribution in [3.8, 4) is 0 Å². The van der Waals surface area contributed by atoms with E-state index in [9.17, 15) is 4.80 Å². The molecular formula is C7H20OSi2. The molecule has 0 spiro atoms. The zero-order chi connectivity index (χ0) is 8.20. The molecule has 0 aliphatic rings. The van der Waals surface area contributed by atoms with E-state index in [1.165, 1.54) is 6.04 Å². The molecule has 0 fully saturated rings. The molecule has 62 valence electrons. The van der Waals surface area contributed by atoms with Gasteiger partial charge in [0.25, 0.3) is 0 Å². The molecule has 0 aliphatic carbocycles. The molecule has 10 heavy (non-hydrogen) atoms. The molecule has 0 rings (SSSR count). The molecule has 0 amide bonds. The molecule has 0 aliphatic heterocycles. The molecule has 0 radical (unpaired) electrons. The van der Waals surface area contributed by atoms with E-state index in [0.29, 0.717) is 0 Å². The Bertz CT molecular complexity index is 86.1. The molecule has 1 nitrogen and oxygen atoms in total. The highest BCUT2D eigenvalue weighted by atomic mass is 28.4. The summed E-state index contributed by atoms with van der Waals surface area (Å²) < 4.78 is 0. The van der Waals surface area contributed by atoms with Crippen molar-refractivity contribution >= 4 is 17.8 Å². The quantitative estimate of drug-likeness (QED) is 0.645. The summed E-state index contributed by atoms with van der Waals surface area (Å²) in [7, 11) is -1.55. The summed E-state index contributed by atoms with van der Waals surface area (Å²) in [6.07, 6.45) is 0. The van der Waals surface area contributed by atoms with Crippen molar-refractivity contribution in [1.82, 2.24) is 0 Å². The molecule has 0 saturated heterocycles. The summed E-state index contributed by atoms with van der Waals surface area (Å²) in [5, 5.41) is 0. The topological polar surface area (TPSA) is 20.2 Å². The Morgan fingerprint density at radius 1 is 1.40 bits per heavy atom. The standard InChI is InChI=1S/C7H20OSi2/c1-7(2)9-5-6-10(3,4)8/h7-8H,5-6,9H2,1-4H3. The maximum Gasteiger partial charge on any atom is 0.182 e. The summed E-state index contributed by atoms with van der Waals surface area (Å²) in [4.78, 5) is 9.49. The van der Waals surface area contributed by atoms with Gasteiger partial charge < -0.3 is 4.80 Å². The maximum atomic E-state index is 9.49. The molecule has 0 aromatic carbocycles. The van der Waals surface area contributed by atoms with Crippen LogP contribution in [0, 0.1) is 0 Å². The van der Waals surface area contributed by atoms with Gasteiger partial charge in [-0.2, -0.15) is 0 Å². The molecule has 0 unspecified atom stereocenters. The van der Waals surface area contributed by atoms with Gasteiger partial charge in [0.1, 0.15) is 0 Å². The maximum absolute atomic E-state index is 9.49. The number of hydrogen-bond donors (Lipinski definition) is 1. The lowest BCUT2D eigenvalue weighted by atomic mass is 10.6. The van der Waals surface area contributed by atoms with Crippen molar-refractivity contribution in [2.45, 2.75) is 44.6 Å². The first-order valence-corrected chi connectivity index (χ1v) is 9.11. The third kappa shape index (κ3) is 8.39. The molecule has 0 saturated carbocycles. The van der Waals surface area contributed by atoms with Crippen molar-refractivity contribution in [3.05, 3.63) is 0 Å². The predicted molar refractivity (Wildman–Crippen MR) is 53.0 cm³/mol. The Morgan fingerprint density at radius 2 is 1.90 bits per heavy atom. The van der Waals surface area contributed by atoms with Crippen molar-refractivity contribution in [2.24, 2.45) is 0 Å². The van der Waals surface area contributed by atoms with Crippen LogP contribution in [0.4, 0.5) is 0 Å². The summed E-state index contributed by atoms with van der Waals surface area (Å²) in [6, 6.07) is 2.46. The van der Waals surface area contributed by atoms with E-state index in [0.717, 1.165) is 11.6 Å². The van der Waals surface area contributed by atoms with Crippen LogP contribution < -0.4 is 0 Å². The second kappa shape index (κ2) is 4.31. The van der Waals surface area contributed by atoms with Gasteiger partial charge >= 0.3 is 0 Å². The van der Waals surface area contributed by atoms with Crippen LogP contribution in [0.2, 0.25) is 30.7 Å². The van der Waals surface area contributed by atoms with Crippen molar-refractivity contribution < 1.29 is 4.80 Å².